The first-order chi connectivity index (χ1) is 9.27. The highest BCUT2D eigenvalue weighted by Gasteiger charge is 2.52. The van der Waals surface area contributed by atoms with Gasteiger partial charge in [0.15, 0.2) is 0 Å². The monoisotopic (exact) mass is 275 g/mol. The summed E-state index contributed by atoms with van der Waals surface area (Å²) < 4.78 is 12.2. The molecule has 0 radical (unpaired) electrons. The molecule has 0 unspecified atom stereocenters. The van der Waals surface area contributed by atoms with Crippen molar-refractivity contribution in [3.05, 3.63) is 23.5 Å². The molecular formula is C16H26BNO2. The third kappa shape index (κ3) is 2.91. The van der Waals surface area contributed by atoms with E-state index in [0.717, 1.165) is 17.6 Å². The Balaban J connectivity index is 2.19. The summed E-state index contributed by atoms with van der Waals surface area (Å²) in [4.78, 5) is 4.56. The zero-order valence-corrected chi connectivity index (χ0v) is 13.6. The first-order valence-corrected chi connectivity index (χ1v) is 7.58. The van der Waals surface area contributed by atoms with E-state index in [1.165, 1.54) is 18.4 Å². The number of aromatic nitrogens is 1. The van der Waals surface area contributed by atoms with Crippen LogP contribution in [0.3, 0.4) is 0 Å². The second-order valence-corrected chi connectivity index (χ2v) is 6.72. The van der Waals surface area contributed by atoms with Gasteiger partial charge in [-0.2, -0.15) is 0 Å². The van der Waals surface area contributed by atoms with Crippen LogP contribution in [0.15, 0.2) is 12.3 Å². The highest BCUT2D eigenvalue weighted by molar-refractivity contribution is 6.62. The van der Waals surface area contributed by atoms with Crippen LogP contribution in [-0.4, -0.2) is 23.3 Å². The van der Waals surface area contributed by atoms with Gasteiger partial charge in [-0.1, -0.05) is 13.3 Å². The predicted octanol–water partition coefficient (Wildman–Crippen LogP) is 3.03. The summed E-state index contributed by atoms with van der Waals surface area (Å²) in [6.07, 6.45) is 5.34. The summed E-state index contributed by atoms with van der Waals surface area (Å²) in [6, 6.07) is 2.16. The molecule has 0 amide bonds. The Morgan fingerprint density at radius 3 is 2.25 bits per heavy atom. The number of rotatable bonds is 4. The minimum Gasteiger partial charge on any atom is -0.399 e. The lowest BCUT2D eigenvalue weighted by Gasteiger charge is -2.32. The highest BCUT2D eigenvalue weighted by atomic mass is 16.7. The van der Waals surface area contributed by atoms with Crippen molar-refractivity contribution < 1.29 is 9.31 Å². The number of nitrogens with zero attached hydrogens (tertiary/aromatic N) is 1. The van der Waals surface area contributed by atoms with Crippen molar-refractivity contribution in [3.63, 3.8) is 0 Å². The molecular weight excluding hydrogens is 249 g/mol. The van der Waals surface area contributed by atoms with Gasteiger partial charge >= 0.3 is 7.12 Å². The summed E-state index contributed by atoms with van der Waals surface area (Å²) >= 11 is 0. The molecule has 0 saturated carbocycles. The van der Waals surface area contributed by atoms with Gasteiger partial charge in [-0.3, -0.25) is 4.98 Å². The fraction of sp³-hybridized carbons (Fsp3) is 0.688. The molecule has 0 bridgehead atoms. The van der Waals surface area contributed by atoms with E-state index in [1.54, 1.807) is 0 Å². The lowest BCUT2D eigenvalue weighted by atomic mass is 9.77. The van der Waals surface area contributed by atoms with Crippen molar-refractivity contribution in [2.45, 2.75) is 72.0 Å². The van der Waals surface area contributed by atoms with E-state index in [0.29, 0.717) is 0 Å². The number of hydrogen-bond donors (Lipinski definition) is 0. The number of hydrogen-bond acceptors (Lipinski definition) is 3. The molecule has 0 atom stereocenters. The first kappa shape index (κ1) is 15.5. The quantitative estimate of drug-likeness (QED) is 0.791. The molecule has 3 nitrogen and oxygen atoms in total. The van der Waals surface area contributed by atoms with Crippen molar-refractivity contribution >= 4 is 12.6 Å². The molecule has 4 heteroatoms. The molecule has 1 fully saturated rings. The molecule has 0 aromatic carbocycles. The van der Waals surface area contributed by atoms with Gasteiger partial charge in [0.1, 0.15) is 0 Å². The Labute approximate surface area is 123 Å². The van der Waals surface area contributed by atoms with Crippen molar-refractivity contribution in [2.24, 2.45) is 0 Å². The van der Waals surface area contributed by atoms with Gasteiger partial charge in [-0.05, 0) is 59.1 Å². The van der Waals surface area contributed by atoms with Crippen LogP contribution < -0.4 is 5.46 Å². The van der Waals surface area contributed by atoms with Crippen LogP contribution in [0.1, 0.15) is 58.7 Å². The van der Waals surface area contributed by atoms with Gasteiger partial charge in [0.2, 0.25) is 0 Å². The fourth-order valence-electron chi connectivity index (χ4n) is 2.34. The summed E-state index contributed by atoms with van der Waals surface area (Å²) in [5.41, 5.74) is 2.80. The zero-order valence-electron chi connectivity index (χ0n) is 13.6. The Morgan fingerprint density at radius 1 is 1.15 bits per heavy atom. The normalized spacial score (nSPS) is 20.4. The van der Waals surface area contributed by atoms with E-state index in [1.807, 2.05) is 6.20 Å². The zero-order chi connectivity index (χ0) is 15.0. The Hall–Kier alpha value is -0.865. The molecule has 1 aliphatic rings. The van der Waals surface area contributed by atoms with Crippen LogP contribution in [0, 0.1) is 6.92 Å². The molecule has 2 heterocycles. The number of unbranched alkanes of at least 4 members (excludes halogenated alkanes) is 1. The maximum atomic E-state index is 6.09. The Bertz CT molecular complexity index is 469. The lowest BCUT2D eigenvalue weighted by molar-refractivity contribution is 0.00578. The average molecular weight is 275 g/mol. The van der Waals surface area contributed by atoms with Crippen molar-refractivity contribution in [3.8, 4) is 0 Å². The molecule has 110 valence electrons. The van der Waals surface area contributed by atoms with E-state index in [2.05, 4.69) is 52.6 Å². The number of pyridine rings is 1. The van der Waals surface area contributed by atoms with Crippen molar-refractivity contribution in [1.82, 2.24) is 4.98 Å². The summed E-state index contributed by atoms with van der Waals surface area (Å²) in [6.45, 7) is 12.6. The van der Waals surface area contributed by atoms with Crippen LogP contribution in [0.4, 0.5) is 0 Å². The number of aryl methyl sites for hydroxylation is 2. The van der Waals surface area contributed by atoms with Gasteiger partial charge in [-0.15, -0.1) is 0 Å². The minimum absolute atomic E-state index is 0.301. The third-order valence-corrected chi connectivity index (χ3v) is 4.50. The largest absolute Gasteiger partial charge is 0.496 e. The standard InChI is InChI=1S/C16H26BNO2/c1-7-8-9-13-10-12(2)14(11-18-13)17-19-15(3,4)16(5,6)20-17/h10-11H,7-9H2,1-6H3. The Kier molecular flexibility index (Phi) is 4.26. The van der Waals surface area contributed by atoms with Crippen LogP contribution in [0.25, 0.3) is 0 Å². The van der Waals surface area contributed by atoms with Crippen LogP contribution in [0.2, 0.25) is 0 Å². The fourth-order valence-corrected chi connectivity index (χ4v) is 2.34. The van der Waals surface area contributed by atoms with Gasteiger partial charge in [0.25, 0.3) is 0 Å². The van der Waals surface area contributed by atoms with E-state index >= 15 is 0 Å². The molecule has 1 saturated heterocycles. The van der Waals surface area contributed by atoms with Gasteiger partial charge in [0.05, 0.1) is 11.2 Å². The lowest BCUT2D eigenvalue weighted by Crippen LogP contribution is -2.41. The summed E-state index contributed by atoms with van der Waals surface area (Å²) in [5, 5.41) is 0. The van der Waals surface area contributed by atoms with Gasteiger partial charge in [-0.25, -0.2) is 0 Å². The van der Waals surface area contributed by atoms with E-state index < -0.39 is 0 Å². The van der Waals surface area contributed by atoms with Crippen LogP contribution in [-0.2, 0) is 15.7 Å². The molecule has 2 rings (SSSR count). The third-order valence-electron chi connectivity index (χ3n) is 4.50. The molecule has 0 spiro atoms. The summed E-state index contributed by atoms with van der Waals surface area (Å²) in [5.74, 6) is 0. The second-order valence-electron chi connectivity index (χ2n) is 6.72. The minimum atomic E-state index is -0.312. The SMILES string of the molecule is CCCCc1cc(C)c(B2OC(C)(C)C(C)(C)O2)cn1. The van der Waals surface area contributed by atoms with E-state index in [4.69, 9.17) is 9.31 Å². The molecule has 0 N–H and O–H groups in total. The first-order valence-electron chi connectivity index (χ1n) is 7.58. The molecule has 1 aromatic rings. The van der Waals surface area contributed by atoms with Crippen LogP contribution >= 0.6 is 0 Å². The molecule has 1 aromatic heterocycles. The molecule has 0 aliphatic carbocycles. The van der Waals surface area contributed by atoms with E-state index in [9.17, 15) is 0 Å². The predicted molar refractivity (Wildman–Crippen MR) is 83.3 cm³/mol. The van der Waals surface area contributed by atoms with Crippen LogP contribution in [0.5, 0.6) is 0 Å². The van der Waals surface area contributed by atoms with Crippen molar-refractivity contribution in [2.75, 3.05) is 0 Å². The maximum absolute atomic E-state index is 6.09. The van der Waals surface area contributed by atoms with Gasteiger partial charge in [0, 0.05) is 17.4 Å². The Morgan fingerprint density at radius 2 is 1.75 bits per heavy atom. The van der Waals surface area contributed by atoms with Gasteiger partial charge < -0.3 is 9.31 Å². The summed E-state index contributed by atoms with van der Waals surface area (Å²) in [7, 11) is -0.312. The van der Waals surface area contributed by atoms with E-state index in [-0.39, 0.29) is 18.3 Å². The molecule has 1 aliphatic heterocycles. The second kappa shape index (κ2) is 5.49. The smallest absolute Gasteiger partial charge is 0.399 e. The van der Waals surface area contributed by atoms with Crippen molar-refractivity contribution in [1.29, 1.82) is 0 Å². The maximum Gasteiger partial charge on any atom is 0.496 e. The molecule has 20 heavy (non-hydrogen) atoms. The topological polar surface area (TPSA) is 31.4 Å². The highest BCUT2D eigenvalue weighted by Crippen LogP contribution is 2.36. The average Bonchev–Trinajstić information content (AvgIpc) is 2.55.